The summed E-state index contributed by atoms with van der Waals surface area (Å²) in [6.07, 6.45) is 5.40. The van der Waals surface area contributed by atoms with E-state index >= 15 is 0 Å². The Balaban J connectivity index is 3.16. The smallest absolute Gasteiger partial charge is 0.325 e. The number of hydrogen-bond donors (Lipinski definition) is 2. The average Bonchev–Trinajstić information content (AvgIpc) is 2.52. The lowest BCUT2D eigenvalue weighted by Gasteiger charge is -2.12. The maximum atomic E-state index is 12.3. The Morgan fingerprint density at radius 2 is 2.15 bits per heavy atom. The molecule has 0 amide bonds. The van der Waals surface area contributed by atoms with E-state index < -0.39 is 22.0 Å². The second-order valence-corrected chi connectivity index (χ2v) is 6.13. The lowest BCUT2D eigenvalue weighted by molar-refractivity contribution is -0.137. The lowest BCUT2D eigenvalue weighted by Crippen LogP contribution is -2.33. The SMILES string of the molecule is C#CCC(C)NS(=O)(=O)c1c(C)nn(CC(=O)O)c1C. The summed E-state index contributed by atoms with van der Waals surface area (Å²) in [5.74, 6) is 1.29. The molecule has 1 rings (SSSR count). The Morgan fingerprint density at radius 1 is 1.55 bits per heavy atom. The van der Waals surface area contributed by atoms with Gasteiger partial charge in [-0.05, 0) is 20.8 Å². The van der Waals surface area contributed by atoms with Crippen LogP contribution < -0.4 is 4.72 Å². The second kappa shape index (κ2) is 6.07. The van der Waals surface area contributed by atoms with Crippen LogP contribution in [0.3, 0.4) is 0 Å². The first-order chi connectivity index (χ1) is 9.19. The van der Waals surface area contributed by atoms with Crippen molar-refractivity contribution >= 4 is 16.0 Å². The van der Waals surface area contributed by atoms with Crippen molar-refractivity contribution in [3.05, 3.63) is 11.4 Å². The summed E-state index contributed by atoms with van der Waals surface area (Å²) in [5.41, 5.74) is 0.537. The maximum absolute atomic E-state index is 12.3. The summed E-state index contributed by atoms with van der Waals surface area (Å²) in [7, 11) is -3.78. The van der Waals surface area contributed by atoms with Crippen LogP contribution in [0.2, 0.25) is 0 Å². The molecular formula is C12H17N3O4S. The number of carboxylic acids is 1. The number of carbonyl (C=O) groups is 1. The minimum absolute atomic E-state index is 0.00243. The van der Waals surface area contributed by atoms with Gasteiger partial charge in [-0.3, -0.25) is 9.48 Å². The number of aromatic nitrogens is 2. The number of sulfonamides is 1. The van der Waals surface area contributed by atoms with Crippen LogP contribution in [-0.4, -0.2) is 35.3 Å². The fourth-order valence-electron chi connectivity index (χ4n) is 1.89. The molecule has 1 aromatic rings. The molecule has 0 aliphatic carbocycles. The highest BCUT2D eigenvalue weighted by molar-refractivity contribution is 7.89. The molecular weight excluding hydrogens is 282 g/mol. The zero-order valence-electron chi connectivity index (χ0n) is 11.5. The number of carboxylic acid groups (broad SMARTS) is 1. The van der Waals surface area contributed by atoms with Gasteiger partial charge in [0.15, 0.2) is 0 Å². The van der Waals surface area contributed by atoms with Gasteiger partial charge in [0.25, 0.3) is 0 Å². The Morgan fingerprint density at radius 3 is 2.65 bits per heavy atom. The summed E-state index contributed by atoms with van der Waals surface area (Å²) >= 11 is 0. The van der Waals surface area contributed by atoms with Gasteiger partial charge in [-0.2, -0.15) is 5.10 Å². The predicted molar refractivity (Wildman–Crippen MR) is 72.6 cm³/mol. The summed E-state index contributed by atoms with van der Waals surface area (Å²) in [5, 5.41) is 12.7. The molecule has 0 fully saturated rings. The van der Waals surface area contributed by atoms with Gasteiger partial charge >= 0.3 is 5.97 Å². The summed E-state index contributed by atoms with van der Waals surface area (Å²) in [6, 6.07) is -0.411. The third-order valence-electron chi connectivity index (χ3n) is 2.65. The van der Waals surface area contributed by atoms with Crippen LogP contribution in [0.5, 0.6) is 0 Å². The van der Waals surface area contributed by atoms with Crippen LogP contribution in [0, 0.1) is 26.2 Å². The molecule has 0 aliphatic rings. The van der Waals surface area contributed by atoms with E-state index in [1.165, 1.54) is 13.8 Å². The molecule has 0 radical (unpaired) electrons. The molecule has 0 spiro atoms. The molecule has 7 nitrogen and oxygen atoms in total. The van der Waals surface area contributed by atoms with Crippen LogP contribution in [0.1, 0.15) is 24.7 Å². The highest BCUT2D eigenvalue weighted by Crippen LogP contribution is 2.19. The number of aliphatic carboxylic acids is 1. The van der Waals surface area contributed by atoms with E-state index in [1.807, 2.05) is 0 Å². The molecule has 0 saturated heterocycles. The van der Waals surface area contributed by atoms with Crippen molar-refractivity contribution in [1.29, 1.82) is 0 Å². The van der Waals surface area contributed by atoms with Crippen LogP contribution in [-0.2, 0) is 21.4 Å². The monoisotopic (exact) mass is 299 g/mol. The van der Waals surface area contributed by atoms with Crippen molar-refractivity contribution < 1.29 is 18.3 Å². The van der Waals surface area contributed by atoms with Crippen molar-refractivity contribution in [2.24, 2.45) is 0 Å². The zero-order valence-corrected chi connectivity index (χ0v) is 12.4. The number of aryl methyl sites for hydroxylation is 1. The molecule has 8 heteroatoms. The first-order valence-electron chi connectivity index (χ1n) is 5.90. The standard InChI is InChI=1S/C12H17N3O4S/c1-5-6-8(2)14-20(18,19)12-9(3)13-15(10(12)4)7-11(16)17/h1,8,14H,6-7H2,2-4H3,(H,16,17). The number of nitrogens with zero attached hydrogens (tertiary/aromatic N) is 2. The molecule has 1 unspecified atom stereocenters. The van der Waals surface area contributed by atoms with Gasteiger partial charge in [0, 0.05) is 12.5 Å². The van der Waals surface area contributed by atoms with Crippen molar-refractivity contribution in [3.63, 3.8) is 0 Å². The number of terminal acetylenes is 1. The van der Waals surface area contributed by atoms with Gasteiger partial charge in [-0.15, -0.1) is 12.3 Å². The molecule has 110 valence electrons. The number of nitrogens with one attached hydrogen (secondary N) is 1. The van der Waals surface area contributed by atoms with Crippen molar-refractivity contribution in [3.8, 4) is 12.3 Å². The number of rotatable bonds is 6. The molecule has 0 aliphatic heterocycles. The van der Waals surface area contributed by atoms with Gasteiger partial charge in [-0.1, -0.05) is 0 Å². The number of hydrogen-bond acceptors (Lipinski definition) is 4. The minimum atomic E-state index is -3.78. The van der Waals surface area contributed by atoms with Gasteiger partial charge in [0.2, 0.25) is 10.0 Å². The Labute approximate surface area is 118 Å². The van der Waals surface area contributed by atoms with Crippen LogP contribution in [0.15, 0.2) is 4.90 Å². The van der Waals surface area contributed by atoms with E-state index in [9.17, 15) is 13.2 Å². The molecule has 0 aromatic carbocycles. The first kappa shape index (κ1) is 16.2. The molecule has 20 heavy (non-hydrogen) atoms. The fraction of sp³-hybridized carbons (Fsp3) is 0.500. The first-order valence-corrected chi connectivity index (χ1v) is 7.39. The predicted octanol–water partition coefficient (Wildman–Crippen LogP) is 0.275. The van der Waals surface area contributed by atoms with E-state index in [1.54, 1.807) is 6.92 Å². The maximum Gasteiger partial charge on any atom is 0.325 e. The molecule has 2 N–H and O–H groups in total. The molecule has 1 atom stereocenters. The van der Waals surface area contributed by atoms with Crippen LogP contribution in [0.4, 0.5) is 0 Å². The van der Waals surface area contributed by atoms with Crippen LogP contribution >= 0.6 is 0 Å². The quantitative estimate of drug-likeness (QED) is 0.734. The lowest BCUT2D eigenvalue weighted by atomic mass is 10.3. The Kier molecular flexibility index (Phi) is 4.92. The third-order valence-corrected chi connectivity index (χ3v) is 4.49. The molecule has 0 bridgehead atoms. The van der Waals surface area contributed by atoms with Gasteiger partial charge < -0.3 is 5.11 Å². The van der Waals surface area contributed by atoms with Crippen molar-refractivity contribution in [1.82, 2.24) is 14.5 Å². The minimum Gasteiger partial charge on any atom is -0.480 e. The van der Waals surface area contributed by atoms with E-state index in [4.69, 9.17) is 11.5 Å². The summed E-state index contributed by atoms with van der Waals surface area (Å²) in [4.78, 5) is 10.7. The van der Waals surface area contributed by atoms with Crippen molar-refractivity contribution in [2.75, 3.05) is 0 Å². The second-order valence-electron chi connectivity index (χ2n) is 4.48. The van der Waals surface area contributed by atoms with Crippen molar-refractivity contribution in [2.45, 2.75) is 44.7 Å². The largest absolute Gasteiger partial charge is 0.480 e. The zero-order chi connectivity index (χ0) is 15.5. The normalized spacial score (nSPS) is 12.9. The molecule has 1 heterocycles. The molecule has 1 aromatic heterocycles. The van der Waals surface area contributed by atoms with E-state index in [0.29, 0.717) is 0 Å². The highest BCUT2D eigenvalue weighted by Gasteiger charge is 2.26. The van der Waals surface area contributed by atoms with Gasteiger partial charge in [-0.25, -0.2) is 13.1 Å². The Hall–Kier alpha value is -1.85. The molecule has 0 saturated carbocycles. The highest BCUT2D eigenvalue weighted by atomic mass is 32.2. The summed E-state index contributed by atoms with van der Waals surface area (Å²) < 4.78 is 28.2. The fourth-order valence-corrected chi connectivity index (χ4v) is 3.55. The van der Waals surface area contributed by atoms with E-state index in [2.05, 4.69) is 15.7 Å². The van der Waals surface area contributed by atoms with Crippen LogP contribution in [0.25, 0.3) is 0 Å². The van der Waals surface area contributed by atoms with Gasteiger partial charge in [0.05, 0.1) is 11.4 Å². The van der Waals surface area contributed by atoms with Gasteiger partial charge in [0.1, 0.15) is 11.4 Å². The Bertz CT molecular complexity index is 655. The third kappa shape index (κ3) is 3.59. The topological polar surface area (TPSA) is 101 Å². The van der Waals surface area contributed by atoms with E-state index in [0.717, 1.165) is 4.68 Å². The average molecular weight is 299 g/mol. The van der Waals surface area contributed by atoms with E-state index in [-0.39, 0.29) is 29.2 Å². The summed E-state index contributed by atoms with van der Waals surface area (Å²) in [6.45, 7) is 4.31.